The minimum absolute atomic E-state index is 0.328. The Morgan fingerprint density at radius 2 is 2.11 bits per heavy atom. The standard InChI is InChI=1S/C14H28N4/c1-4-7-8-12(6-3)10-13(15-9-5-2)14-16-11-17-18-14/h11-13,15H,4-10H2,1-3H3,(H,16,17,18). The second-order valence-corrected chi connectivity index (χ2v) is 5.03. The Balaban J connectivity index is 2.53. The van der Waals surface area contributed by atoms with Crippen molar-refractivity contribution in [3.8, 4) is 0 Å². The molecule has 2 N–H and O–H groups in total. The molecule has 0 saturated heterocycles. The summed E-state index contributed by atoms with van der Waals surface area (Å²) in [7, 11) is 0. The van der Waals surface area contributed by atoms with E-state index in [-0.39, 0.29) is 0 Å². The Hall–Kier alpha value is -0.900. The van der Waals surface area contributed by atoms with Gasteiger partial charge in [-0.05, 0) is 25.3 Å². The summed E-state index contributed by atoms with van der Waals surface area (Å²) in [5.41, 5.74) is 0. The van der Waals surface area contributed by atoms with E-state index < -0.39 is 0 Å². The largest absolute Gasteiger partial charge is 0.307 e. The Labute approximate surface area is 111 Å². The first kappa shape index (κ1) is 15.2. The zero-order chi connectivity index (χ0) is 13.2. The molecule has 0 spiro atoms. The summed E-state index contributed by atoms with van der Waals surface area (Å²) in [5, 5.41) is 10.6. The van der Waals surface area contributed by atoms with Gasteiger partial charge in [0.05, 0.1) is 6.04 Å². The highest BCUT2D eigenvalue weighted by molar-refractivity contribution is 4.92. The molecule has 4 heteroatoms. The summed E-state index contributed by atoms with van der Waals surface area (Å²) >= 11 is 0. The lowest BCUT2D eigenvalue weighted by Gasteiger charge is -2.22. The van der Waals surface area contributed by atoms with E-state index in [2.05, 4.69) is 41.3 Å². The minimum Gasteiger partial charge on any atom is -0.307 e. The van der Waals surface area contributed by atoms with E-state index in [4.69, 9.17) is 0 Å². The van der Waals surface area contributed by atoms with Crippen molar-refractivity contribution in [3.05, 3.63) is 12.2 Å². The fourth-order valence-electron chi connectivity index (χ4n) is 2.31. The molecular formula is C14H28N4. The van der Waals surface area contributed by atoms with Gasteiger partial charge in [0.1, 0.15) is 12.2 Å². The van der Waals surface area contributed by atoms with Gasteiger partial charge >= 0.3 is 0 Å². The molecule has 0 aliphatic heterocycles. The lowest BCUT2D eigenvalue weighted by Crippen LogP contribution is -2.25. The Bertz CT molecular complexity index is 284. The lowest BCUT2D eigenvalue weighted by molar-refractivity contribution is 0.345. The number of rotatable bonds is 10. The first-order valence-corrected chi connectivity index (χ1v) is 7.40. The summed E-state index contributed by atoms with van der Waals surface area (Å²) < 4.78 is 0. The molecule has 0 radical (unpaired) electrons. The highest BCUT2D eigenvalue weighted by Crippen LogP contribution is 2.24. The first-order chi connectivity index (χ1) is 8.81. The van der Waals surface area contributed by atoms with Crippen LogP contribution in [0.2, 0.25) is 0 Å². The van der Waals surface area contributed by atoms with Crippen LogP contribution in [0.4, 0.5) is 0 Å². The quantitative estimate of drug-likeness (QED) is 0.670. The highest BCUT2D eigenvalue weighted by atomic mass is 15.2. The molecule has 0 saturated carbocycles. The number of nitrogens with one attached hydrogen (secondary N) is 2. The molecule has 1 aromatic heterocycles. The van der Waals surface area contributed by atoms with Crippen molar-refractivity contribution in [2.24, 2.45) is 5.92 Å². The molecule has 104 valence electrons. The van der Waals surface area contributed by atoms with Crippen LogP contribution in [-0.4, -0.2) is 21.7 Å². The number of nitrogens with zero attached hydrogens (tertiary/aromatic N) is 2. The first-order valence-electron chi connectivity index (χ1n) is 7.40. The highest BCUT2D eigenvalue weighted by Gasteiger charge is 2.18. The van der Waals surface area contributed by atoms with E-state index in [0.29, 0.717) is 6.04 Å². The van der Waals surface area contributed by atoms with Crippen molar-refractivity contribution >= 4 is 0 Å². The van der Waals surface area contributed by atoms with E-state index in [1.165, 1.54) is 25.7 Å². The smallest absolute Gasteiger partial charge is 0.141 e. The summed E-state index contributed by atoms with van der Waals surface area (Å²) in [6.07, 6.45) is 9.09. The second kappa shape index (κ2) is 9.09. The van der Waals surface area contributed by atoms with Gasteiger partial charge in [-0.1, -0.05) is 46.5 Å². The number of hydrogen-bond donors (Lipinski definition) is 2. The van der Waals surface area contributed by atoms with E-state index in [0.717, 1.165) is 31.1 Å². The SMILES string of the molecule is CCCCC(CC)CC(NCCC)c1ncn[nH]1. The number of unbranched alkanes of at least 4 members (excludes halogenated alkanes) is 1. The van der Waals surface area contributed by atoms with Crippen molar-refractivity contribution in [1.29, 1.82) is 0 Å². The molecule has 4 nitrogen and oxygen atoms in total. The number of aromatic nitrogens is 3. The fourth-order valence-corrected chi connectivity index (χ4v) is 2.31. The van der Waals surface area contributed by atoms with Gasteiger partial charge in [-0.3, -0.25) is 5.10 Å². The van der Waals surface area contributed by atoms with Gasteiger partial charge in [-0.2, -0.15) is 5.10 Å². The van der Waals surface area contributed by atoms with Gasteiger partial charge in [-0.15, -0.1) is 0 Å². The molecule has 1 heterocycles. The topological polar surface area (TPSA) is 53.6 Å². The van der Waals surface area contributed by atoms with Crippen LogP contribution in [0, 0.1) is 5.92 Å². The molecule has 1 rings (SSSR count). The molecule has 0 aliphatic rings. The van der Waals surface area contributed by atoms with Gasteiger partial charge in [-0.25, -0.2) is 4.98 Å². The number of aromatic amines is 1. The van der Waals surface area contributed by atoms with Gasteiger partial charge in [0.25, 0.3) is 0 Å². The molecule has 0 amide bonds. The van der Waals surface area contributed by atoms with Gasteiger partial charge in [0.15, 0.2) is 0 Å². The fraction of sp³-hybridized carbons (Fsp3) is 0.857. The van der Waals surface area contributed by atoms with E-state index in [9.17, 15) is 0 Å². The predicted molar refractivity (Wildman–Crippen MR) is 75.3 cm³/mol. The third-order valence-corrected chi connectivity index (χ3v) is 3.52. The van der Waals surface area contributed by atoms with Crippen LogP contribution < -0.4 is 5.32 Å². The molecule has 0 aromatic carbocycles. The molecule has 2 unspecified atom stereocenters. The summed E-state index contributed by atoms with van der Waals surface area (Å²) in [6, 6.07) is 0.328. The molecule has 1 aromatic rings. The van der Waals surface area contributed by atoms with Gasteiger partial charge in [0.2, 0.25) is 0 Å². The maximum Gasteiger partial charge on any atom is 0.141 e. The van der Waals surface area contributed by atoms with Crippen molar-refractivity contribution in [2.75, 3.05) is 6.54 Å². The van der Waals surface area contributed by atoms with Crippen LogP contribution in [0.3, 0.4) is 0 Å². The minimum atomic E-state index is 0.328. The van der Waals surface area contributed by atoms with Gasteiger partial charge in [0, 0.05) is 0 Å². The zero-order valence-electron chi connectivity index (χ0n) is 12.1. The number of hydrogen-bond acceptors (Lipinski definition) is 3. The van der Waals surface area contributed by atoms with Crippen molar-refractivity contribution in [1.82, 2.24) is 20.5 Å². The van der Waals surface area contributed by atoms with Crippen molar-refractivity contribution in [3.63, 3.8) is 0 Å². The van der Waals surface area contributed by atoms with Crippen molar-refractivity contribution in [2.45, 2.75) is 65.3 Å². The Morgan fingerprint density at radius 3 is 2.67 bits per heavy atom. The molecular weight excluding hydrogens is 224 g/mol. The van der Waals surface area contributed by atoms with E-state index >= 15 is 0 Å². The third kappa shape index (κ3) is 5.17. The zero-order valence-corrected chi connectivity index (χ0v) is 12.1. The van der Waals surface area contributed by atoms with Crippen LogP contribution in [0.15, 0.2) is 6.33 Å². The average Bonchev–Trinajstić information content (AvgIpc) is 2.92. The van der Waals surface area contributed by atoms with E-state index in [1.807, 2.05) is 0 Å². The maximum atomic E-state index is 4.31. The summed E-state index contributed by atoms with van der Waals surface area (Å²) in [4.78, 5) is 4.31. The van der Waals surface area contributed by atoms with Crippen LogP contribution in [0.5, 0.6) is 0 Å². The van der Waals surface area contributed by atoms with E-state index in [1.54, 1.807) is 6.33 Å². The maximum absolute atomic E-state index is 4.31. The molecule has 0 fully saturated rings. The lowest BCUT2D eigenvalue weighted by atomic mass is 9.91. The van der Waals surface area contributed by atoms with Crippen LogP contribution in [-0.2, 0) is 0 Å². The molecule has 0 aliphatic carbocycles. The van der Waals surface area contributed by atoms with Crippen LogP contribution >= 0.6 is 0 Å². The van der Waals surface area contributed by atoms with Crippen LogP contribution in [0.1, 0.15) is 71.2 Å². The molecule has 18 heavy (non-hydrogen) atoms. The van der Waals surface area contributed by atoms with Crippen molar-refractivity contribution < 1.29 is 0 Å². The predicted octanol–water partition coefficient (Wildman–Crippen LogP) is 3.45. The molecule has 2 atom stereocenters. The summed E-state index contributed by atoms with van der Waals surface area (Å²) in [5.74, 6) is 1.77. The Kier molecular flexibility index (Phi) is 7.65. The third-order valence-electron chi connectivity index (χ3n) is 3.52. The summed E-state index contributed by atoms with van der Waals surface area (Å²) in [6.45, 7) is 7.78. The molecule has 0 bridgehead atoms. The average molecular weight is 252 g/mol. The normalized spacial score (nSPS) is 14.6. The number of H-pyrrole nitrogens is 1. The van der Waals surface area contributed by atoms with Crippen LogP contribution in [0.25, 0.3) is 0 Å². The van der Waals surface area contributed by atoms with Gasteiger partial charge < -0.3 is 5.32 Å². The monoisotopic (exact) mass is 252 g/mol. The second-order valence-electron chi connectivity index (χ2n) is 5.03. The Morgan fingerprint density at radius 1 is 1.28 bits per heavy atom.